The lowest BCUT2D eigenvalue weighted by Crippen LogP contribution is -2.32. The van der Waals surface area contributed by atoms with Crippen molar-refractivity contribution in [1.29, 1.82) is 0 Å². The highest BCUT2D eigenvalue weighted by atomic mass is 16.5. The number of carbonyl (C=O) groups is 2. The van der Waals surface area contributed by atoms with Crippen molar-refractivity contribution in [3.63, 3.8) is 0 Å². The summed E-state index contributed by atoms with van der Waals surface area (Å²) >= 11 is 0. The normalized spacial score (nSPS) is 11.9. The Balaban J connectivity index is 3.23. The Kier molecular flexibility index (Phi) is 5.32. The fourth-order valence-corrected chi connectivity index (χ4v) is 2.05. The molecule has 1 rings (SSSR count). The molecular weight excluding hydrogens is 264 g/mol. The topological polar surface area (TPSA) is 43.4 Å². The Morgan fingerprint density at radius 3 is 1.71 bits per heavy atom. The molecule has 0 saturated heterocycles. The van der Waals surface area contributed by atoms with Gasteiger partial charge >= 0.3 is 5.97 Å². The van der Waals surface area contributed by atoms with Crippen molar-refractivity contribution in [2.24, 2.45) is 5.41 Å². The minimum Gasteiger partial charge on any atom is -0.420 e. The molecule has 1 aromatic carbocycles. The zero-order valence-corrected chi connectivity index (χ0v) is 14.1. The monoisotopic (exact) mass is 290 g/mol. The Hall–Kier alpha value is -1.64. The molecule has 0 atom stereocenters. The van der Waals surface area contributed by atoms with Crippen LogP contribution in [0.15, 0.2) is 18.2 Å². The molecule has 0 bridgehead atoms. The Labute approximate surface area is 127 Å². The van der Waals surface area contributed by atoms with Crippen LogP contribution in [0.4, 0.5) is 0 Å². The molecule has 21 heavy (non-hydrogen) atoms. The molecule has 0 spiro atoms. The zero-order valence-electron chi connectivity index (χ0n) is 14.1. The molecule has 3 heteroatoms. The first-order valence-electron chi connectivity index (χ1n) is 7.45. The number of hydrogen-bond donors (Lipinski definition) is 0. The van der Waals surface area contributed by atoms with Crippen molar-refractivity contribution in [2.75, 3.05) is 0 Å². The molecule has 116 valence electrons. The van der Waals surface area contributed by atoms with Gasteiger partial charge in [-0.2, -0.15) is 0 Å². The average Bonchev–Trinajstić information content (AvgIpc) is 2.36. The van der Waals surface area contributed by atoms with Gasteiger partial charge in [0.15, 0.2) is 0 Å². The Morgan fingerprint density at radius 2 is 1.38 bits per heavy atom. The van der Waals surface area contributed by atoms with E-state index < -0.39 is 17.2 Å². The van der Waals surface area contributed by atoms with Crippen molar-refractivity contribution in [2.45, 2.75) is 60.3 Å². The SMILES string of the molecule is CC(C)c1cccc(C(C)C)c1OC(=O)C(=O)C(C)(C)C. The lowest BCUT2D eigenvalue weighted by atomic mass is 9.90. The molecule has 3 nitrogen and oxygen atoms in total. The summed E-state index contributed by atoms with van der Waals surface area (Å²) in [7, 11) is 0. The van der Waals surface area contributed by atoms with Gasteiger partial charge < -0.3 is 4.74 Å². The summed E-state index contributed by atoms with van der Waals surface area (Å²) in [5.74, 6) is -0.300. The highest BCUT2D eigenvalue weighted by Crippen LogP contribution is 2.35. The molecule has 0 amide bonds. The maximum atomic E-state index is 12.1. The summed E-state index contributed by atoms with van der Waals surface area (Å²) in [5.41, 5.74) is 1.18. The zero-order chi connectivity index (χ0) is 16.4. The fourth-order valence-electron chi connectivity index (χ4n) is 2.05. The van der Waals surface area contributed by atoms with E-state index in [0.717, 1.165) is 11.1 Å². The van der Waals surface area contributed by atoms with Gasteiger partial charge in [0, 0.05) is 5.41 Å². The van der Waals surface area contributed by atoms with Crippen LogP contribution in [0.3, 0.4) is 0 Å². The first-order valence-corrected chi connectivity index (χ1v) is 7.45. The number of ketones is 1. The number of benzene rings is 1. The van der Waals surface area contributed by atoms with Crippen molar-refractivity contribution in [1.82, 2.24) is 0 Å². The first kappa shape index (κ1) is 17.4. The van der Waals surface area contributed by atoms with Crippen molar-refractivity contribution in [3.8, 4) is 5.75 Å². The maximum Gasteiger partial charge on any atom is 0.380 e. The second kappa shape index (κ2) is 6.42. The smallest absolute Gasteiger partial charge is 0.380 e. The van der Waals surface area contributed by atoms with Crippen LogP contribution in [-0.4, -0.2) is 11.8 Å². The molecule has 0 aliphatic rings. The third-order valence-electron chi connectivity index (χ3n) is 3.38. The van der Waals surface area contributed by atoms with E-state index in [0.29, 0.717) is 5.75 Å². The molecule has 1 aromatic rings. The lowest BCUT2D eigenvalue weighted by Gasteiger charge is -2.20. The second-order valence-corrected chi connectivity index (χ2v) is 7.04. The van der Waals surface area contributed by atoms with Crippen molar-refractivity contribution in [3.05, 3.63) is 29.3 Å². The quantitative estimate of drug-likeness (QED) is 0.467. The van der Waals surface area contributed by atoms with Gasteiger partial charge in [-0.15, -0.1) is 0 Å². The van der Waals surface area contributed by atoms with Crippen LogP contribution in [0.25, 0.3) is 0 Å². The molecule has 0 aliphatic heterocycles. The van der Waals surface area contributed by atoms with E-state index in [1.807, 2.05) is 45.9 Å². The second-order valence-electron chi connectivity index (χ2n) is 7.04. The summed E-state index contributed by atoms with van der Waals surface area (Å²) in [5, 5.41) is 0. The third-order valence-corrected chi connectivity index (χ3v) is 3.38. The molecule has 0 aromatic heterocycles. The largest absolute Gasteiger partial charge is 0.420 e. The molecule has 0 heterocycles. The van der Waals surface area contributed by atoms with Gasteiger partial charge in [0.05, 0.1) is 0 Å². The van der Waals surface area contributed by atoms with E-state index in [9.17, 15) is 9.59 Å². The molecule has 0 saturated carbocycles. The first-order chi connectivity index (χ1) is 9.55. The number of Topliss-reactive ketones (excluding diaryl/α,β-unsaturated/α-hetero) is 1. The van der Waals surface area contributed by atoms with Gasteiger partial charge in [0.25, 0.3) is 0 Å². The van der Waals surface area contributed by atoms with Crippen LogP contribution >= 0.6 is 0 Å². The highest BCUT2D eigenvalue weighted by molar-refractivity contribution is 6.36. The number of carbonyl (C=O) groups excluding carboxylic acids is 2. The van der Waals surface area contributed by atoms with E-state index in [1.54, 1.807) is 20.8 Å². The van der Waals surface area contributed by atoms with E-state index in [4.69, 9.17) is 4.74 Å². The summed E-state index contributed by atoms with van der Waals surface area (Å²) in [4.78, 5) is 24.2. The third kappa shape index (κ3) is 4.16. The minimum atomic E-state index is -0.780. The van der Waals surface area contributed by atoms with Gasteiger partial charge in [-0.25, -0.2) is 4.79 Å². The summed E-state index contributed by atoms with van der Waals surface area (Å²) in [6, 6.07) is 5.86. The predicted octanol–water partition coefficient (Wildman–Crippen LogP) is 4.45. The minimum absolute atomic E-state index is 0.219. The van der Waals surface area contributed by atoms with Crippen LogP contribution in [0.1, 0.15) is 71.4 Å². The molecule has 0 aliphatic carbocycles. The van der Waals surface area contributed by atoms with Gasteiger partial charge in [-0.1, -0.05) is 66.7 Å². The lowest BCUT2D eigenvalue weighted by molar-refractivity contribution is -0.151. The van der Waals surface area contributed by atoms with Gasteiger partial charge in [-0.3, -0.25) is 4.79 Å². The van der Waals surface area contributed by atoms with Crippen LogP contribution in [-0.2, 0) is 9.59 Å². The van der Waals surface area contributed by atoms with Crippen molar-refractivity contribution < 1.29 is 14.3 Å². The van der Waals surface area contributed by atoms with Crippen LogP contribution in [0.2, 0.25) is 0 Å². The number of hydrogen-bond acceptors (Lipinski definition) is 3. The number of ether oxygens (including phenoxy) is 1. The predicted molar refractivity (Wildman–Crippen MR) is 84.7 cm³/mol. The summed E-state index contributed by atoms with van der Waals surface area (Å²) in [6.45, 7) is 13.3. The van der Waals surface area contributed by atoms with E-state index in [1.165, 1.54) is 0 Å². The molecule has 0 fully saturated rings. The van der Waals surface area contributed by atoms with Crippen LogP contribution in [0, 0.1) is 5.41 Å². The number of rotatable bonds is 4. The average molecular weight is 290 g/mol. The van der Waals surface area contributed by atoms with Crippen LogP contribution < -0.4 is 4.74 Å². The molecule has 0 radical (unpaired) electrons. The number of esters is 1. The number of para-hydroxylation sites is 1. The molecule has 0 unspecified atom stereocenters. The Morgan fingerprint density at radius 1 is 0.952 bits per heavy atom. The highest BCUT2D eigenvalue weighted by Gasteiger charge is 2.31. The van der Waals surface area contributed by atoms with Crippen molar-refractivity contribution >= 4 is 11.8 Å². The van der Waals surface area contributed by atoms with E-state index >= 15 is 0 Å². The van der Waals surface area contributed by atoms with E-state index in [2.05, 4.69) is 0 Å². The van der Waals surface area contributed by atoms with Gasteiger partial charge in [0.2, 0.25) is 5.78 Å². The van der Waals surface area contributed by atoms with Crippen LogP contribution in [0.5, 0.6) is 5.75 Å². The standard InChI is InChI=1S/C18H26O3/c1-11(2)13-9-8-10-14(12(3)4)15(13)21-17(20)16(19)18(5,6)7/h8-12H,1-7H3. The van der Waals surface area contributed by atoms with Gasteiger partial charge in [-0.05, 0) is 23.0 Å². The summed E-state index contributed by atoms with van der Waals surface area (Å²) < 4.78 is 5.50. The fraction of sp³-hybridized carbons (Fsp3) is 0.556. The van der Waals surface area contributed by atoms with Gasteiger partial charge in [0.1, 0.15) is 5.75 Å². The molecular formula is C18H26O3. The molecule has 0 N–H and O–H groups in total. The van der Waals surface area contributed by atoms with E-state index in [-0.39, 0.29) is 11.8 Å². The Bertz CT molecular complexity index is 508. The maximum absolute atomic E-state index is 12.1. The summed E-state index contributed by atoms with van der Waals surface area (Å²) in [6.07, 6.45) is 0.